The van der Waals surface area contributed by atoms with Crippen molar-refractivity contribution in [2.45, 2.75) is 122 Å². The second-order valence-electron chi connectivity index (χ2n) is 12.7. The number of hydrogen-bond donors (Lipinski definition) is 16. The van der Waals surface area contributed by atoms with Gasteiger partial charge >= 0.3 is 0 Å². The van der Waals surface area contributed by atoms with Crippen molar-refractivity contribution in [2.75, 3.05) is 26.9 Å². The average Bonchev–Trinajstić information content (AvgIpc) is 3.37. The van der Waals surface area contributed by atoms with Gasteiger partial charge in [-0.25, -0.2) is 9.98 Å². The van der Waals surface area contributed by atoms with Gasteiger partial charge in [-0.05, 0) is 7.05 Å². The van der Waals surface area contributed by atoms with E-state index in [1.807, 2.05) is 0 Å². The molecule has 20 atom stereocenters. The Morgan fingerprint density at radius 3 is 1.79 bits per heavy atom. The smallest absolute Gasteiger partial charge is 0.188 e. The van der Waals surface area contributed by atoms with Crippen LogP contribution < -0.4 is 28.3 Å². The minimum Gasteiger partial charge on any atom is -0.394 e. The van der Waals surface area contributed by atoms with Gasteiger partial charge in [0, 0.05) is 0 Å². The Labute approximate surface area is 294 Å². The Bertz CT molecular complexity index is 1250. The molecule has 4 rings (SSSR count). The molecule has 3 heterocycles. The van der Waals surface area contributed by atoms with Crippen molar-refractivity contribution in [3.8, 4) is 0 Å². The maximum atomic E-state index is 12.4. The fourth-order valence-electron chi connectivity index (χ4n) is 6.65. The third kappa shape index (κ3) is 8.11. The number of rotatable bonds is 13. The molecular formula is C27H49N7O18. The second-order valence-corrected chi connectivity index (χ2v) is 12.7. The maximum Gasteiger partial charge on any atom is 0.188 e. The van der Waals surface area contributed by atoms with Crippen molar-refractivity contribution in [1.29, 1.82) is 0 Å². The van der Waals surface area contributed by atoms with Gasteiger partial charge in [0.2, 0.25) is 0 Å². The number of nitrogens with one attached hydrogen (secondary N) is 1. The zero-order valence-corrected chi connectivity index (χ0v) is 27.6. The molecule has 52 heavy (non-hydrogen) atoms. The van der Waals surface area contributed by atoms with Crippen LogP contribution in [0.3, 0.4) is 0 Å². The Hall–Kier alpha value is -2.51. The van der Waals surface area contributed by atoms with Gasteiger partial charge in [0.25, 0.3) is 0 Å². The van der Waals surface area contributed by atoms with Crippen molar-refractivity contribution >= 4 is 18.2 Å². The van der Waals surface area contributed by atoms with E-state index in [1.165, 1.54) is 7.05 Å². The van der Waals surface area contributed by atoms with Gasteiger partial charge in [0.15, 0.2) is 42.7 Å². The molecule has 1 saturated carbocycles. The van der Waals surface area contributed by atoms with Crippen LogP contribution in [-0.2, 0) is 33.2 Å². The van der Waals surface area contributed by atoms with Crippen molar-refractivity contribution in [3.05, 3.63) is 0 Å². The molecule has 25 heteroatoms. The summed E-state index contributed by atoms with van der Waals surface area (Å²) in [6, 6.07) is -4.57. The van der Waals surface area contributed by atoms with E-state index in [1.54, 1.807) is 0 Å². The first kappa shape index (κ1) is 42.2. The molecule has 1 aliphatic carbocycles. The Morgan fingerprint density at radius 1 is 0.673 bits per heavy atom. The molecule has 0 aromatic heterocycles. The van der Waals surface area contributed by atoms with Crippen LogP contribution in [0.4, 0.5) is 0 Å². The second kappa shape index (κ2) is 17.3. The van der Waals surface area contributed by atoms with E-state index < -0.39 is 154 Å². The monoisotopic (exact) mass is 759 g/mol. The molecule has 300 valence electrons. The highest BCUT2D eigenvalue weighted by Gasteiger charge is 2.62. The number of guanidine groups is 2. The van der Waals surface area contributed by atoms with Gasteiger partial charge in [-0.3, -0.25) is 4.79 Å². The van der Waals surface area contributed by atoms with E-state index >= 15 is 0 Å². The van der Waals surface area contributed by atoms with Gasteiger partial charge in [-0.15, -0.1) is 0 Å². The Kier molecular flexibility index (Phi) is 14.1. The summed E-state index contributed by atoms with van der Waals surface area (Å²) in [7, 11) is 1.33. The van der Waals surface area contributed by atoms with Gasteiger partial charge < -0.3 is 113 Å². The summed E-state index contributed by atoms with van der Waals surface area (Å²) >= 11 is 0. The molecule has 3 aliphatic heterocycles. The number of carbonyl (C=O) groups is 1. The molecule has 4 fully saturated rings. The number of nitrogens with two attached hydrogens (primary N) is 4. The van der Waals surface area contributed by atoms with Crippen molar-refractivity contribution in [1.82, 2.24) is 5.32 Å². The van der Waals surface area contributed by atoms with Gasteiger partial charge in [0.1, 0.15) is 91.4 Å². The number of aliphatic hydroxyl groups is 11. The van der Waals surface area contributed by atoms with E-state index in [0.717, 1.165) is 0 Å². The number of hydrogen-bond acceptors (Lipinski definition) is 21. The van der Waals surface area contributed by atoms with Gasteiger partial charge in [0.05, 0.1) is 25.9 Å². The largest absolute Gasteiger partial charge is 0.394 e. The third-order valence-corrected chi connectivity index (χ3v) is 9.44. The third-order valence-electron chi connectivity index (χ3n) is 9.44. The average molecular weight is 760 g/mol. The summed E-state index contributed by atoms with van der Waals surface area (Å²) in [6.45, 7) is -2.68. The fourth-order valence-corrected chi connectivity index (χ4v) is 6.65. The topological polar surface area (TPSA) is 436 Å². The van der Waals surface area contributed by atoms with E-state index in [9.17, 15) is 61.0 Å². The predicted molar refractivity (Wildman–Crippen MR) is 167 cm³/mol. The number of aldehydes is 1. The maximum absolute atomic E-state index is 12.4. The lowest BCUT2D eigenvalue weighted by Crippen LogP contribution is -2.68. The summed E-state index contributed by atoms with van der Waals surface area (Å²) in [4.78, 5) is 20.0. The summed E-state index contributed by atoms with van der Waals surface area (Å²) < 4.78 is 34.3. The lowest BCUT2D eigenvalue weighted by atomic mass is 9.81. The highest BCUT2D eigenvalue weighted by Crippen LogP contribution is 2.39. The molecule has 3 saturated heterocycles. The molecular weight excluding hydrogens is 710 g/mol. The molecule has 25 nitrogen and oxygen atoms in total. The predicted octanol–water partition coefficient (Wildman–Crippen LogP) is -11.4. The van der Waals surface area contributed by atoms with E-state index in [4.69, 9.17) is 51.4 Å². The number of aliphatic imine (C=N–C) groups is 2. The van der Waals surface area contributed by atoms with Crippen LogP contribution in [0.2, 0.25) is 0 Å². The van der Waals surface area contributed by atoms with Crippen LogP contribution in [0, 0.1) is 0 Å². The number of carbonyl (C=O) groups excluding carboxylic acids is 1. The lowest BCUT2D eigenvalue weighted by Gasteiger charge is -2.48. The van der Waals surface area contributed by atoms with Gasteiger partial charge in [-0.2, -0.15) is 0 Å². The van der Waals surface area contributed by atoms with Crippen LogP contribution in [0.1, 0.15) is 0 Å². The molecule has 0 aromatic carbocycles. The molecule has 0 aromatic rings. The summed E-state index contributed by atoms with van der Waals surface area (Å²) in [5, 5.41) is 119. The van der Waals surface area contributed by atoms with Crippen molar-refractivity contribution in [3.63, 3.8) is 0 Å². The van der Waals surface area contributed by atoms with E-state index in [0.29, 0.717) is 0 Å². The first-order chi connectivity index (χ1) is 24.5. The molecule has 0 bridgehead atoms. The summed E-state index contributed by atoms with van der Waals surface area (Å²) in [5.74, 6) is -1.18. The Balaban J connectivity index is 1.63. The van der Waals surface area contributed by atoms with Crippen LogP contribution in [0.15, 0.2) is 9.98 Å². The van der Waals surface area contributed by atoms with E-state index in [2.05, 4.69) is 15.3 Å². The standard InChI is InChI=1S/C27H49N7O18/c1-32-11-15(42)19(50-23-18(45)16(43)12(39)6(2-35)47-23)7(3-36)48-22(11)52-21-24(49-8(4-37)27(21,46)5-38)51-20-10(34-26(30)31)13(40)9(33-25(28)29)14(41)17(20)44/h5-24,32,35-37,39-46H,2-4H2,1H3,(H4,28,29,33)(H4,30,31,34). The zero-order valence-electron chi connectivity index (χ0n) is 27.6. The molecule has 20 N–H and O–H groups in total. The molecule has 20 unspecified atom stereocenters. The van der Waals surface area contributed by atoms with Crippen molar-refractivity contribution < 1.29 is 89.4 Å². The first-order valence-corrected chi connectivity index (χ1v) is 16.0. The molecule has 4 aliphatic rings. The normalized spacial score (nSPS) is 48.2. The summed E-state index contributed by atoms with van der Waals surface area (Å²) in [6.07, 6.45) is -28.4. The number of nitrogens with zero attached hydrogens (tertiary/aromatic N) is 2. The van der Waals surface area contributed by atoms with Crippen LogP contribution in [-0.4, -0.2) is 223 Å². The number of aliphatic hydroxyl groups excluding tert-OH is 10. The van der Waals surface area contributed by atoms with Crippen LogP contribution in [0.5, 0.6) is 0 Å². The van der Waals surface area contributed by atoms with E-state index in [-0.39, 0.29) is 6.29 Å². The lowest BCUT2D eigenvalue weighted by molar-refractivity contribution is -0.357. The minimum atomic E-state index is -2.74. The highest BCUT2D eigenvalue weighted by molar-refractivity contribution is 5.76. The first-order valence-electron chi connectivity index (χ1n) is 16.0. The number of likely N-dealkylation sites (N-methyl/N-ethyl adjacent to an activating group) is 1. The zero-order chi connectivity index (χ0) is 38.8. The SMILES string of the molecule is CNC1C(OC2C(OC3C(O)C(O)C(N=C(N)N)C(O)C3N=C(N)N)OC(CO)C2(O)C=O)OC(CO)C(OC2OC(CO)C(O)C(O)C2O)C1O. The molecule has 0 spiro atoms. The van der Waals surface area contributed by atoms with Crippen LogP contribution >= 0.6 is 0 Å². The summed E-state index contributed by atoms with van der Waals surface area (Å²) in [5.41, 5.74) is 19.1. The fraction of sp³-hybridized carbons (Fsp3) is 0.889. The quantitative estimate of drug-likeness (QED) is 0.0471. The minimum absolute atomic E-state index is 0.0344. The van der Waals surface area contributed by atoms with Crippen molar-refractivity contribution in [2.24, 2.45) is 32.9 Å². The Morgan fingerprint density at radius 2 is 1.25 bits per heavy atom. The van der Waals surface area contributed by atoms with Gasteiger partial charge in [-0.1, -0.05) is 0 Å². The highest BCUT2D eigenvalue weighted by atomic mass is 16.8. The molecule has 0 radical (unpaired) electrons. The number of ether oxygens (including phenoxy) is 6. The molecule has 0 amide bonds. The van der Waals surface area contributed by atoms with Crippen LogP contribution in [0.25, 0.3) is 0 Å².